The maximum absolute atomic E-state index is 13.1. The number of nitrogens with zero attached hydrogens (tertiary/aromatic N) is 6. The number of fused-ring (bicyclic) bond motifs is 1. The van der Waals surface area contributed by atoms with Gasteiger partial charge in [-0.15, -0.1) is 0 Å². The van der Waals surface area contributed by atoms with Crippen molar-refractivity contribution >= 4 is 28.7 Å². The summed E-state index contributed by atoms with van der Waals surface area (Å²) >= 11 is 0. The molecule has 0 radical (unpaired) electrons. The SMILES string of the molecule is CCN(CC)C(=O)c1ccc(Nc2ncc3nc(-c4c(C)cncc4C)c(=O)n(C)c3n2)cc1. The molecule has 1 aromatic carbocycles. The number of pyridine rings is 1. The molecule has 0 bridgehead atoms. The van der Waals surface area contributed by atoms with Crippen molar-refractivity contribution in [1.29, 1.82) is 0 Å². The second-order valence-electron chi connectivity index (χ2n) is 8.06. The van der Waals surface area contributed by atoms with Gasteiger partial charge in [-0.25, -0.2) is 9.97 Å². The van der Waals surface area contributed by atoms with Crippen LogP contribution in [0.3, 0.4) is 0 Å². The van der Waals surface area contributed by atoms with Crippen LogP contribution in [0.1, 0.15) is 35.3 Å². The van der Waals surface area contributed by atoms with Gasteiger partial charge in [-0.2, -0.15) is 4.98 Å². The van der Waals surface area contributed by atoms with E-state index in [9.17, 15) is 9.59 Å². The van der Waals surface area contributed by atoms with Crippen molar-refractivity contribution in [2.45, 2.75) is 27.7 Å². The maximum Gasteiger partial charge on any atom is 0.278 e. The quantitative estimate of drug-likeness (QED) is 0.471. The number of hydrogen-bond acceptors (Lipinski definition) is 7. The van der Waals surface area contributed by atoms with Crippen LogP contribution in [0.4, 0.5) is 11.6 Å². The first-order valence-electron chi connectivity index (χ1n) is 11.2. The number of benzene rings is 1. The van der Waals surface area contributed by atoms with Gasteiger partial charge in [-0.1, -0.05) is 0 Å². The van der Waals surface area contributed by atoms with Gasteiger partial charge in [0.05, 0.1) is 6.20 Å². The molecule has 0 aliphatic carbocycles. The normalized spacial score (nSPS) is 11.0. The van der Waals surface area contributed by atoms with E-state index in [0.29, 0.717) is 41.5 Å². The Morgan fingerprint density at radius 2 is 1.65 bits per heavy atom. The number of aryl methyl sites for hydroxylation is 3. The molecule has 174 valence electrons. The summed E-state index contributed by atoms with van der Waals surface area (Å²) in [4.78, 5) is 45.0. The van der Waals surface area contributed by atoms with Gasteiger partial charge in [0.25, 0.3) is 11.5 Å². The number of carbonyl (C=O) groups is 1. The molecule has 0 spiro atoms. The van der Waals surface area contributed by atoms with E-state index >= 15 is 0 Å². The van der Waals surface area contributed by atoms with Crippen molar-refractivity contribution < 1.29 is 4.79 Å². The number of nitrogens with one attached hydrogen (secondary N) is 1. The topological polar surface area (TPSA) is 106 Å². The average Bonchev–Trinajstić information content (AvgIpc) is 2.83. The highest BCUT2D eigenvalue weighted by molar-refractivity contribution is 5.94. The van der Waals surface area contributed by atoms with Gasteiger partial charge in [0.1, 0.15) is 11.2 Å². The fraction of sp³-hybridized carbons (Fsp3) is 0.280. The van der Waals surface area contributed by atoms with Crippen LogP contribution in [-0.2, 0) is 7.05 Å². The lowest BCUT2D eigenvalue weighted by Gasteiger charge is -2.18. The summed E-state index contributed by atoms with van der Waals surface area (Å²) < 4.78 is 1.48. The number of anilines is 2. The van der Waals surface area contributed by atoms with Crippen molar-refractivity contribution in [3.63, 3.8) is 0 Å². The van der Waals surface area contributed by atoms with Gasteiger partial charge in [0, 0.05) is 49.3 Å². The van der Waals surface area contributed by atoms with Crippen LogP contribution in [0.2, 0.25) is 0 Å². The lowest BCUT2D eigenvalue weighted by atomic mass is 10.0. The Morgan fingerprint density at radius 1 is 1.00 bits per heavy atom. The van der Waals surface area contributed by atoms with E-state index in [0.717, 1.165) is 22.4 Å². The highest BCUT2D eigenvalue weighted by Gasteiger charge is 2.17. The fourth-order valence-corrected chi connectivity index (χ4v) is 3.93. The van der Waals surface area contributed by atoms with Crippen LogP contribution < -0.4 is 10.9 Å². The van der Waals surface area contributed by atoms with Crippen molar-refractivity contribution in [2.75, 3.05) is 18.4 Å². The van der Waals surface area contributed by atoms with Crippen molar-refractivity contribution in [3.05, 3.63) is 69.9 Å². The van der Waals surface area contributed by atoms with E-state index < -0.39 is 0 Å². The number of hydrogen-bond donors (Lipinski definition) is 1. The van der Waals surface area contributed by atoms with Crippen LogP contribution in [-0.4, -0.2) is 48.4 Å². The largest absolute Gasteiger partial charge is 0.339 e. The monoisotopic (exact) mass is 457 g/mol. The van der Waals surface area contributed by atoms with Gasteiger partial charge in [-0.05, 0) is 63.1 Å². The predicted octanol–water partition coefficient (Wildman–Crippen LogP) is 3.63. The molecule has 0 fully saturated rings. The molecule has 1 amide bonds. The van der Waals surface area contributed by atoms with Gasteiger partial charge < -0.3 is 10.2 Å². The molecule has 0 unspecified atom stereocenters. The van der Waals surface area contributed by atoms with Crippen molar-refractivity contribution in [1.82, 2.24) is 29.4 Å². The van der Waals surface area contributed by atoms with E-state index in [1.54, 1.807) is 54.8 Å². The molecule has 34 heavy (non-hydrogen) atoms. The third kappa shape index (κ3) is 4.24. The molecule has 0 aliphatic rings. The molecule has 3 heterocycles. The molecule has 9 nitrogen and oxygen atoms in total. The summed E-state index contributed by atoms with van der Waals surface area (Å²) in [5.74, 6) is 0.325. The molecule has 0 aliphatic heterocycles. The van der Waals surface area contributed by atoms with E-state index in [-0.39, 0.29) is 11.5 Å². The Morgan fingerprint density at radius 3 is 2.26 bits per heavy atom. The van der Waals surface area contributed by atoms with Gasteiger partial charge in [-0.3, -0.25) is 19.1 Å². The molecular formula is C25H27N7O2. The lowest BCUT2D eigenvalue weighted by molar-refractivity contribution is 0.0773. The highest BCUT2D eigenvalue weighted by atomic mass is 16.2. The molecule has 4 rings (SSSR count). The van der Waals surface area contributed by atoms with Crippen LogP contribution in [0.25, 0.3) is 22.4 Å². The minimum Gasteiger partial charge on any atom is -0.339 e. The zero-order chi connectivity index (χ0) is 24.4. The average molecular weight is 458 g/mol. The van der Waals surface area contributed by atoms with Crippen molar-refractivity contribution in [2.24, 2.45) is 7.05 Å². The molecule has 4 aromatic rings. The van der Waals surface area contributed by atoms with Crippen LogP contribution in [0.15, 0.2) is 47.7 Å². The summed E-state index contributed by atoms with van der Waals surface area (Å²) in [6, 6.07) is 7.15. The van der Waals surface area contributed by atoms with Crippen LogP contribution in [0, 0.1) is 13.8 Å². The third-order valence-electron chi connectivity index (χ3n) is 5.81. The number of amides is 1. The van der Waals surface area contributed by atoms with Crippen LogP contribution >= 0.6 is 0 Å². The maximum atomic E-state index is 13.1. The Labute approximate surface area is 197 Å². The zero-order valence-corrected chi connectivity index (χ0v) is 20.0. The van der Waals surface area contributed by atoms with E-state index in [4.69, 9.17) is 0 Å². The van der Waals surface area contributed by atoms with E-state index in [2.05, 4.69) is 25.3 Å². The second-order valence-corrected chi connectivity index (χ2v) is 8.06. The summed E-state index contributed by atoms with van der Waals surface area (Å²) in [5.41, 5.74) is 4.93. The summed E-state index contributed by atoms with van der Waals surface area (Å²) in [6.07, 6.45) is 5.04. The summed E-state index contributed by atoms with van der Waals surface area (Å²) in [5, 5.41) is 3.13. The van der Waals surface area contributed by atoms with Gasteiger partial charge in [0.15, 0.2) is 5.65 Å². The van der Waals surface area contributed by atoms with Crippen molar-refractivity contribution in [3.8, 4) is 11.3 Å². The van der Waals surface area contributed by atoms with Gasteiger partial charge in [0.2, 0.25) is 5.95 Å². The number of aromatic nitrogens is 5. The Bertz CT molecular complexity index is 1400. The van der Waals surface area contributed by atoms with E-state index in [1.165, 1.54) is 4.57 Å². The number of carbonyl (C=O) groups excluding carboxylic acids is 1. The first-order chi connectivity index (χ1) is 16.3. The smallest absolute Gasteiger partial charge is 0.278 e. The fourth-order valence-electron chi connectivity index (χ4n) is 3.93. The predicted molar refractivity (Wildman–Crippen MR) is 132 cm³/mol. The Hall–Kier alpha value is -4.14. The highest BCUT2D eigenvalue weighted by Crippen LogP contribution is 2.24. The molecule has 0 atom stereocenters. The molecule has 1 N–H and O–H groups in total. The molecule has 9 heteroatoms. The Kier molecular flexibility index (Phi) is 6.36. The minimum atomic E-state index is -0.242. The standard InChI is InChI=1S/C25H27N7O2/c1-6-32(7-2)23(33)17-8-10-18(11-9-17)28-25-27-14-19-22(30-25)31(5)24(34)21(29-19)20-15(3)12-26-13-16(20)4/h8-14H,6-7H2,1-5H3,(H,27,28,30). The first-order valence-corrected chi connectivity index (χ1v) is 11.2. The third-order valence-corrected chi connectivity index (χ3v) is 5.81. The van der Waals surface area contributed by atoms with Gasteiger partial charge >= 0.3 is 0 Å². The lowest BCUT2D eigenvalue weighted by Crippen LogP contribution is -2.30. The summed E-state index contributed by atoms with van der Waals surface area (Å²) in [6.45, 7) is 9.05. The van der Waals surface area contributed by atoms with E-state index in [1.807, 2.05) is 27.7 Å². The zero-order valence-electron chi connectivity index (χ0n) is 20.0. The van der Waals surface area contributed by atoms with Crippen LogP contribution in [0.5, 0.6) is 0 Å². The number of rotatable bonds is 6. The molecule has 3 aromatic heterocycles. The first kappa shape index (κ1) is 23.0. The second kappa shape index (κ2) is 9.38. The minimum absolute atomic E-state index is 0.00458. The molecule has 0 saturated heterocycles. The molecular weight excluding hydrogens is 430 g/mol. The summed E-state index contributed by atoms with van der Waals surface area (Å²) in [7, 11) is 1.67. The molecule has 0 saturated carbocycles. The Balaban J connectivity index is 1.65.